The first-order valence-corrected chi connectivity index (χ1v) is 7.90. The minimum atomic E-state index is 0.477. The predicted molar refractivity (Wildman–Crippen MR) is 84.6 cm³/mol. The van der Waals surface area contributed by atoms with Crippen LogP contribution in [-0.2, 0) is 6.54 Å². The molecule has 4 heteroatoms. The van der Waals surface area contributed by atoms with Gasteiger partial charge in [0.15, 0.2) is 0 Å². The predicted octanol–water partition coefficient (Wildman–Crippen LogP) is 3.31. The summed E-state index contributed by atoms with van der Waals surface area (Å²) in [6, 6.07) is 6.52. The molecule has 112 valence electrons. The number of hydrogen-bond donors (Lipinski definition) is 1. The maximum atomic E-state index is 6.27. The SMILES string of the molecule is CC(C)NCc1ccc(OCCN2CCCC2)c(Cl)c1. The van der Waals surface area contributed by atoms with E-state index in [0.29, 0.717) is 17.7 Å². The normalized spacial score (nSPS) is 16.0. The van der Waals surface area contributed by atoms with Gasteiger partial charge in [-0.2, -0.15) is 0 Å². The van der Waals surface area contributed by atoms with Crippen LogP contribution in [0.2, 0.25) is 5.02 Å². The first-order chi connectivity index (χ1) is 9.65. The fraction of sp³-hybridized carbons (Fsp3) is 0.625. The van der Waals surface area contributed by atoms with Gasteiger partial charge in [0, 0.05) is 19.1 Å². The summed E-state index contributed by atoms with van der Waals surface area (Å²) in [6.45, 7) is 9.23. The first kappa shape index (κ1) is 15.6. The molecule has 0 amide bonds. The van der Waals surface area contributed by atoms with E-state index in [-0.39, 0.29) is 0 Å². The quantitative estimate of drug-likeness (QED) is 0.835. The van der Waals surface area contributed by atoms with Crippen molar-refractivity contribution in [2.75, 3.05) is 26.2 Å². The van der Waals surface area contributed by atoms with Crippen molar-refractivity contribution in [2.24, 2.45) is 0 Å². The van der Waals surface area contributed by atoms with E-state index in [4.69, 9.17) is 16.3 Å². The second-order valence-electron chi connectivity index (χ2n) is 5.70. The van der Waals surface area contributed by atoms with Gasteiger partial charge in [0.05, 0.1) is 5.02 Å². The molecule has 0 aliphatic carbocycles. The lowest BCUT2D eigenvalue weighted by Crippen LogP contribution is -2.25. The molecule has 0 spiro atoms. The van der Waals surface area contributed by atoms with Crippen LogP contribution >= 0.6 is 11.6 Å². The number of hydrogen-bond acceptors (Lipinski definition) is 3. The molecule has 2 rings (SSSR count). The van der Waals surface area contributed by atoms with Crippen LogP contribution in [0.1, 0.15) is 32.3 Å². The summed E-state index contributed by atoms with van der Waals surface area (Å²) >= 11 is 6.27. The number of nitrogens with one attached hydrogen (secondary N) is 1. The molecule has 1 heterocycles. The van der Waals surface area contributed by atoms with Crippen molar-refractivity contribution in [3.63, 3.8) is 0 Å². The third-order valence-corrected chi connectivity index (χ3v) is 3.87. The number of ether oxygens (including phenoxy) is 1. The monoisotopic (exact) mass is 296 g/mol. The average molecular weight is 297 g/mol. The van der Waals surface area contributed by atoms with Crippen LogP contribution in [-0.4, -0.2) is 37.2 Å². The van der Waals surface area contributed by atoms with Gasteiger partial charge in [0.1, 0.15) is 12.4 Å². The zero-order valence-corrected chi connectivity index (χ0v) is 13.2. The van der Waals surface area contributed by atoms with E-state index in [1.54, 1.807) is 0 Å². The molecule has 0 unspecified atom stereocenters. The lowest BCUT2D eigenvalue weighted by Gasteiger charge is -2.16. The summed E-state index contributed by atoms with van der Waals surface area (Å²) in [5.74, 6) is 0.791. The summed E-state index contributed by atoms with van der Waals surface area (Å²) in [6.07, 6.45) is 2.64. The standard InChI is InChI=1S/C16H25ClN2O/c1-13(2)18-12-14-5-6-16(15(17)11-14)20-10-9-19-7-3-4-8-19/h5-6,11,13,18H,3-4,7-10,12H2,1-2H3. The highest BCUT2D eigenvalue weighted by molar-refractivity contribution is 6.32. The molecule has 1 N–H and O–H groups in total. The molecule has 1 saturated heterocycles. The topological polar surface area (TPSA) is 24.5 Å². The van der Waals surface area contributed by atoms with Gasteiger partial charge in [-0.05, 0) is 43.6 Å². The molecular weight excluding hydrogens is 272 g/mol. The summed E-state index contributed by atoms with van der Waals surface area (Å²) in [7, 11) is 0. The molecule has 1 aliphatic rings. The number of halogens is 1. The van der Waals surface area contributed by atoms with Gasteiger partial charge in [0.2, 0.25) is 0 Å². The lowest BCUT2D eigenvalue weighted by molar-refractivity contribution is 0.238. The van der Waals surface area contributed by atoms with Crippen molar-refractivity contribution < 1.29 is 4.74 Å². The Morgan fingerprint density at radius 3 is 2.70 bits per heavy atom. The van der Waals surface area contributed by atoms with Gasteiger partial charge in [-0.25, -0.2) is 0 Å². The van der Waals surface area contributed by atoms with Gasteiger partial charge in [-0.1, -0.05) is 31.5 Å². The first-order valence-electron chi connectivity index (χ1n) is 7.52. The van der Waals surface area contributed by atoms with Gasteiger partial charge in [0.25, 0.3) is 0 Å². The minimum absolute atomic E-state index is 0.477. The van der Waals surface area contributed by atoms with Crippen LogP contribution in [0.3, 0.4) is 0 Å². The van der Waals surface area contributed by atoms with Crippen LogP contribution in [0.5, 0.6) is 5.75 Å². The molecule has 0 aromatic heterocycles. The molecular formula is C16H25ClN2O. The Morgan fingerprint density at radius 1 is 1.30 bits per heavy atom. The second kappa shape index (κ2) is 7.87. The Kier molecular flexibility index (Phi) is 6.14. The van der Waals surface area contributed by atoms with Crippen molar-refractivity contribution in [3.8, 4) is 5.75 Å². The Balaban J connectivity index is 1.79. The minimum Gasteiger partial charge on any atom is -0.491 e. The molecule has 0 saturated carbocycles. The number of nitrogens with zero attached hydrogens (tertiary/aromatic N) is 1. The molecule has 1 fully saturated rings. The fourth-order valence-corrected chi connectivity index (χ4v) is 2.64. The molecule has 0 atom stereocenters. The Bertz CT molecular complexity index is 417. The fourth-order valence-electron chi connectivity index (χ4n) is 2.38. The average Bonchev–Trinajstić information content (AvgIpc) is 2.92. The highest BCUT2D eigenvalue weighted by atomic mass is 35.5. The van der Waals surface area contributed by atoms with E-state index in [9.17, 15) is 0 Å². The molecule has 1 aromatic carbocycles. The van der Waals surface area contributed by atoms with E-state index in [1.165, 1.54) is 31.5 Å². The Labute approximate surface area is 127 Å². The van der Waals surface area contributed by atoms with Crippen molar-refractivity contribution in [1.82, 2.24) is 10.2 Å². The number of rotatable bonds is 7. The van der Waals surface area contributed by atoms with Crippen LogP contribution in [0.4, 0.5) is 0 Å². The summed E-state index contributed by atoms with van der Waals surface area (Å²) in [5.41, 5.74) is 1.19. The largest absolute Gasteiger partial charge is 0.491 e. The van der Waals surface area contributed by atoms with E-state index in [1.807, 2.05) is 12.1 Å². The van der Waals surface area contributed by atoms with Crippen LogP contribution < -0.4 is 10.1 Å². The van der Waals surface area contributed by atoms with Gasteiger partial charge >= 0.3 is 0 Å². The second-order valence-corrected chi connectivity index (χ2v) is 6.10. The highest BCUT2D eigenvalue weighted by Crippen LogP contribution is 2.25. The maximum Gasteiger partial charge on any atom is 0.137 e. The van der Waals surface area contributed by atoms with E-state index in [2.05, 4.69) is 30.1 Å². The zero-order chi connectivity index (χ0) is 14.4. The Morgan fingerprint density at radius 2 is 2.05 bits per heavy atom. The molecule has 0 radical (unpaired) electrons. The summed E-state index contributed by atoms with van der Waals surface area (Å²) in [5, 5.41) is 4.09. The van der Waals surface area contributed by atoms with E-state index in [0.717, 1.165) is 18.8 Å². The zero-order valence-electron chi connectivity index (χ0n) is 12.5. The summed E-state index contributed by atoms with van der Waals surface area (Å²) < 4.78 is 5.79. The van der Waals surface area contributed by atoms with Crippen molar-refractivity contribution in [3.05, 3.63) is 28.8 Å². The van der Waals surface area contributed by atoms with Crippen molar-refractivity contribution in [2.45, 2.75) is 39.3 Å². The molecule has 1 aromatic rings. The van der Waals surface area contributed by atoms with Gasteiger partial charge < -0.3 is 10.1 Å². The van der Waals surface area contributed by atoms with E-state index < -0.39 is 0 Å². The molecule has 0 bridgehead atoms. The van der Waals surface area contributed by atoms with Crippen molar-refractivity contribution >= 4 is 11.6 Å². The van der Waals surface area contributed by atoms with Crippen molar-refractivity contribution in [1.29, 1.82) is 0 Å². The lowest BCUT2D eigenvalue weighted by atomic mass is 10.2. The number of likely N-dealkylation sites (tertiary alicyclic amines) is 1. The van der Waals surface area contributed by atoms with Gasteiger partial charge in [-0.3, -0.25) is 4.90 Å². The van der Waals surface area contributed by atoms with Crippen LogP contribution in [0.15, 0.2) is 18.2 Å². The van der Waals surface area contributed by atoms with Crippen LogP contribution in [0.25, 0.3) is 0 Å². The molecule has 1 aliphatic heterocycles. The third kappa shape index (κ3) is 4.97. The molecule has 20 heavy (non-hydrogen) atoms. The van der Waals surface area contributed by atoms with E-state index >= 15 is 0 Å². The van der Waals surface area contributed by atoms with Gasteiger partial charge in [-0.15, -0.1) is 0 Å². The number of benzene rings is 1. The highest BCUT2D eigenvalue weighted by Gasteiger charge is 2.11. The maximum absolute atomic E-state index is 6.27. The summed E-state index contributed by atoms with van der Waals surface area (Å²) in [4.78, 5) is 2.44. The Hall–Kier alpha value is -0.770. The van der Waals surface area contributed by atoms with Crippen LogP contribution in [0, 0.1) is 0 Å². The smallest absolute Gasteiger partial charge is 0.137 e. The molecule has 3 nitrogen and oxygen atoms in total. The third-order valence-electron chi connectivity index (χ3n) is 3.57.